The highest BCUT2D eigenvalue weighted by atomic mass is 32.2. The molecular weight excluding hydrogens is 290 g/mol. The number of benzene rings is 1. The number of nitrogens with zero attached hydrogens (tertiary/aromatic N) is 1. The van der Waals surface area contributed by atoms with Crippen molar-refractivity contribution in [3.05, 3.63) is 35.4 Å². The van der Waals surface area contributed by atoms with Crippen LogP contribution >= 0.6 is 0 Å². The Balaban J connectivity index is 2.34. The molecule has 0 radical (unpaired) electrons. The van der Waals surface area contributed by atoms with Gasteiger partial charge in [0.05, 0.1) is 18.1 Å². The van der Waals surface area contributed by atoms with E-state index in [0.717, 1.165) is 12.0 Å². The maximum atomic E-state index is 12.6. The summed E-state index contributed by atoms with van der Waals surface area (Å²) in [5.41, 5.74) is 1.54. The molecular formula is C15H21NO4S. The molecule has 0 fully saturated rings. The van der Waals surface area contributed by atoms with Gasteiger partial charge in [-0.2, -0.15) is 4.31 Å². The lowest BCUT2D eigenvalue weighted by Gasteiger charge is -2.25. The molecule has 0 atom stereocenters. The van der Waals surface area contributed by atoms with Crippen LogP contribution in [0.5, 0.6) is 5.75 Å². The number of hydrogen-bond donors (Lipinski definition) is 1. The molecule has 0 bridgehead atoms. The molecule has 5 nitrogen and oxygen atoms in total. The Hall–Kier alpha value is -1.37. The van der Waals surface area contributed by atoms with Crippen LogP contribution in [0.15, 0.2) is 34.7 Å². The number of ether oxygens (including phenoxy) is 1. The summed E-state index contributed by atoms with van der Waals surface area (Å²) in [4.78, 5) is 0.199. The number of aliphatic hydroxyl groups excluding tert-OH is 1. The Kier molecular flexibility index (Phi) is 5.03. The van der Waals surface area contributed by atoms with Crippen LogP contribution in [0.3, 0.4) is 0 Å². The zero-order valence-electron chi connectivity index (χ0n) is 12.4. The molecule has 0 amide bonds. The molecule has 6 heteroatoms. The van der Waals surface area contributed by atoms with Crippen molar-refractivity contribution in [1.29, 1.82) is 0 Å². The van der Waals surface area contributed by atoms with Gasteiger partial charge in [-0.15, -0.1) is 0 Å². The standard InChI is InChI=1S/C15H21NO4S/c1-3-20-15-7-6-14(9-13(15)11-17)21(18,19)16-8-4-5-12(2)10-16/h5-7,9,17H,3-4,8,10-11H2,1-2H3. The smallest absolute Gasteiger partial charge is 0.243 e. The first-order valence-corrected chi connectivity index (χ1v) is 8.45. The molecule has 1 aliphatic heterocycles. The van der Waals surface area contributed by atoms with Crippen LogP contribution in [0, 0.1) is 0 Å². The summed E-state index contributed by atoms with van der Waals surface area (Å²) in [6.45, 7) is 4.89. The van der Waals surface area contributed by atoms with Crippen molar-refractivity contribution >= 4 is 10.0 Å². The topological polar surface area (TPSA) is 66.8 Å². The highest BCUT2D eigenvalue weighted by Gasteiger charge is 2.26. The van der Waals surface area contributed by atoms with E-state index >= 15 is 0 Å². The molecule has 0 saturated carbocycles. The summed E-state index contributed by atoms with van der Waals surface area (Å²) >= 11 is 0. The SMILES string of the molecule is CCOc1ccc(S(=O)(=O)N2CCC=C(C)C2)cc1CO. The van der Waals surface area contributed by atoms with E-state index in [4.69, 9.17) is 4.74 Å². The number of hydrogen-bond acceptors (Lipinski definition) is 4. The maximum Gasteiger partial charge on any atom is 0.243 e. The summed E-state index contributed by atoms with van der Waals surface area (Å²) < 4.78 is 32.1. The van der Waals surface area contributed by atoms with E-state index in [1.165, 1.54) is 16.4 Å². The van der Waals surface area contributed by atoms with Crippen molar-refractivity contribution in [3.63, 3.8) is 0 Å². The second-order valence-electron chi connectivity index (χ2n) is 5.04. The van der Waals surface area contributed by atoms with Gasteiger partial charge in [0.1, 0.15) is 5.75 Å². The van der Waals surface area contributed by atoms with E-state index in [-0.39, 0.29) is 11.5 Å². The number of sulfonamides is 1. The average Bonchev–Trinajstić information content (AvgIpc) is 2.47. The van der Waals surface area contributed by atoms with E-state index in [9.17, 15) is 13.5 Å². The first-order chi connectivity index (χ1) is 9.98. The fourth-order valence-corrected chi connectivity index (χ4v) is 3.92. The predicted octanol–water partition coefficient (Wildman–Crippen LogP) is 1.92. The predicted molar refractivity (Wildman–Crippen MR) is 80.7 cm³/mol. The zero-order valence-corrected chi connectivity index (χ0v) is 13.2. The highest BCUT2D eigenvalue weighted by Crippen LogP contribution is 2.26. The van der Waals surface area contributed by atoms with Crippen molar-refractivity contribution in [2.45, 2.75) is 31.8 Å². The van der Waals surface area contributed by atoms with Gasteiger partial charge in [0, 0.05) is 18.7 Å². The van der Waals surface area contributed by atoms with Crippen LogP contribution in [-0.2, 0) is 16.6 Å². The monoisotopic (exact) mass is 311 g/mol. The van der Waals surface area contributed by atoms with Crippen LogP contribution < -0.4 is 4.74 Å². The maximum absolute atomic E-state index is 12.6. The van der Waals surface area contributed by atoms with Crippen molar-refractivity contribution in [2.24, 2.45) is 0 Å². The normalized spacial score (nSPS) is 16.6. The Morgan fingerprint density at radius 1 is 1.38 bits per heavy atom. The Bertz CT molecular complexity index is 637. The third kappa shape index (κ3) is 3.45. The molecule has 1 aliphatic rings. The van der Waals surface area contributed by atoms with Gasteiger partial charge in [-0.1, -0.05) is 11.6 Å². The molecule has 1 aromatic rings. The molecule has 21 heavy (non-hydrogen) atoms. The minimum atomic E-state index is -3.53. The van der Waals surface area contributed by atoms with Crippen LogP contribution in [-0.4, -0.2) is 37.5 Å². The summed E-state index contributed by atoms with van der Waals surface area (Å²) in [7, 11) is -3.53. The molecule has 1 heterocycles. The van der Waals surface area contributed by atoms with Gasteiger partial charge in [0.2, 0.25) is 10.0 Å². The summed E-state index contributed by atoms with van der Waals surface area (Å²) in [5.74, 6) is 0.522. The fourth-order valence-electron chi connectivity index (χ4n) is 2.37. The lowest BCUT2D eigenvalue weighted by atomic mass is 10.2. The van der Waals surface area contributed by atoms with E-state index in [0.29, 0.717) is 31.0 Å². The number of rotatable bonds is 5. The third-order valence-electron chi connectivity index (χ3n) is 3.44. The Labute approximate surface area is 125 Å². The minimum Gasteiger partial charge on any atom is -0.494 e. The minimum absolute atomic E-state index is 0.199. The van der Waals surface area contributed by atoms with Gasteiger partial charge >= 0.3 is 0 Å². The molecule has 1 aromatic carbocycles. The molecule has 0 spiro atoms. The summed E-state index contributed by atoms with van der Waals surface area (Å²) in [5, 5.41) is 9.39. The molecule has 2 rings (SSSR count). The highest BCUT2D eigenvalue weighted by molar-refractivity contribution is 7.89. The zero-order chi connectivity index (χ0) is 15.5. The Morgan fingerprint density at radius 2 is 2.14 bits per heavy atom. The van der Waals surface area contributed by atoms with Crippen molar-refractivity contribution < 1.29 is 18.3 Å². The largest absolute Gasteiger partial charge is 0.494 e. The molecule has 116 valence electrons. The quantitative estimate of drug-likeness (QED) is 0.844. The molecule has 1 N–H and O–H groups in total. The Morgan fingerprint density at radius 3 is 2.76 bits per heavy atom. The first kappa shape index (κ1) is 16.0. The molecule has 0 saturated heterocycles. The van der Waals surface area contributed by atoms with Crippen molar-refractivity contribution in [2.75, 3.05) is 19.7 Å². The van der Waals surface area contributed by atoms with Crippen LogP contribution in [0.1, 0.15) is 25.8 Å². The van der Waals surface area contributed by atoms with Crippen LogP contribution in [0.25, 0.3) is 0 Å². The second kappa shape index (κ2) is 6.60. The van der Waals surface area contributed by atoms with E-state index in [1.807, 2.05) is 13.8 Å². The second-order valence-corrected chi connectivity index (χ2v) is 6.98. The number of aliphatic hydroxyl groups is 1. The first-order valence-electron chi connectivity index (χ1n) is 7.01. The van der Waals surface area contributed by atoms with E-state index in [2.05, 4.69) is 6.08 Å². The van der Waals surface area contributed by atoms with Gasteiger partial charge in [0.25, 0.3) is 0 Å². The van der Waals surface area contributed by atoms with Gasteiger partial charge in [-0.05, 0) is 38.5 Å². The third-order valence-corrected chi connectivity index (χ3v) is 5.28. The lowest BCUT2D eigenvalue weighted by Crippen LogP contribution is -2.35. The van der Waals surface area contributed by atoms with Gasteiger partial charge in [-0.25, -0.2) is 8.42 Å². The summed E-state index contributed by atoms with van der Waals surface area (Å²) in [6.07, 6.45) is 2.79. The lowest BCUT2D eigenvalue weighted by molar-refractivity contribution is 0.266. The van der Waals surface area contributed by atoms with Crippen molar-refractivity contribution in [1.82, 2.24) is 4.31 Å². The molecule has 0 unspecified atom stereocenters. The van der Waals surface area contributed by atoms with E-state index < -0.39 is 10.0 Å². The van der Waals surface area contributed by atoms with Crippen LogP contribution in [0.4, 0.5) is 0 Å². The van der Waals surface area contributed by atoms with Gasteiger partial charge in [-0.3, -0.25) is 0 Å². The average molecular weight is 311 g/mol. The van der Waals surface area contributed by atoms with Gasteiger partial charge < -0.3 is 9.84 Å². The van der Waals surface area contributed by atoms with Crippen LogP contribution in [0.2, 0.25) is 0 Å². The molecule has 0 aliphatic carbocycles. The fraction of sp³-hybridized carbons (Fsp3) is 0.467. The summed E-state index contributed by atoms with van der Waals surface area (Å²) in [6, 6.07) is 4.63. The van der Waals surface area contributed by atoms with E-state index in [1.54, 1.807) is 6.07 Å². The molecule has 0 aromatic heterocycles. The van der Waals surface area contributed by atoms with Crippen molar-refractivity contribution in [3.8, 4) is 5.75 Å². The van der Waals surface area contributed by atoms with Gasteiger partial charge in [0.15, 0.2) is 0 Å².